The van der Waals surface area contributed by atoms with Crippen LogP contribution < -0.4 is 5.32 Å². The van der Waals surface area contributed by atoms with Crippen molar-refractivity contribution in [3.05, 3.63) is 65.5 Å². The number of morpholine rings is 1. The van der Waals surface area contributed by atoms with E-state index in [1.165, 1.54) is 44.2 Å². The van der Waals surface area contributed by atoms with Crippen molar-refractivity contribution >= 4 is 27.5 Å². The van der Waals surface area contributed by atoms with Crippen molar-refractivity contribution in [3.63, 3.8) is 0 Å². The lowest BCUT2D eigenvalue weighted by atomic mass is 9.97. The van der Waals surface area contributed by atoms with Crippen LogP contribution in [0.4, 0.5) is 10.1 Å². The molecule has 31 heavy (non-hydrogen) atoms. The van der Waals surface area contributed by atoms with E-state index in [0.717, 1.165) is 4.31 Å². The van der Waals surface area contributed by atoms with Gasteiger partial charge in [-0.3, -0.25) is 9.59 Å². The summed E-state index contributed by atoms with van der Waals surface area (Å²) < 4.78 is 45.3. The van der Waals surface area contributed by atoms with E-state index < -0.39 is 33.9 Å². The number of hydrogen-bond donors (Lipinski definition) is 1. The minimum atomic E-state index is -3.47. The van der Waals surface area contributed by atoms with E-state index in [2.05, 4.69) is 5.32 Å². The Kier molecular flexibility index (Phi) is 6.73. The first kappa shape index (κ1) is 22.9. The Bertz CT molecular complexity index is 1090. The monoisotopic (exact) mass is 449 g/mol. The van der Waals surface area contributed by atoms with Crippen molar-refractivity contribution in [3.8, 4) is 0 Å². The second kappa shape index (κ2) is 9.13. The number of benzene rings is 2. The van der Waals surface area contributed by atoms with E-state index in [-0.39, 0.29) is 23.8 Å². The van der Waals surface area contributed by atoms with Gasteiger partial charge in [-0.1, -0.05) is 30.3 Å². The molecule has 10 heteroatoms. The zero-order valence-electron chi connectivity index (χ0n) is 17.4. The highest BCUT2D eigenvalue weighted by Crippen LogP contribution is 2.31. The third kappa shape index (κ3) is 5.09. The van der Waals surface area contributed by atoms with Gasteiger partial charge in [0.05, 0.1) is 11.8 Å². The van der Waals surface area contributed by atoms with Crippen LogP contribution >= 0.6 is 0 Å². The minimum Gasteiger partial charge on any atom is -0.356 e. The van der Waals surface area contributed by atoms with Crippen molar-refractivity contribution in [1.29, 1.82) is 0 Å². The summed E-state index contributed by atoms with van der Waals surface area (Å²) in [6.45, 7) is -0.305. The molecule has 0 saturated carbocycles. The molecule has 1 fully saturated rings. The van der Waals surface area contributed by atoms with Gasteiger partial charge in [0.15, 0.2) is 6.10 Å². The van der Waals surface area contributed by atoms with E-state index in [9.17, 15) is 22.4 Å². The fraction of sp³-hybridized carbons (Fsp3) is 0.333. The minimum absolute atomic E-state index is 0.170. The average Bonchev–Trinajstić information content (AvgIpc) is 2.70. The summed E-state index contributed by atoms with van der Waals surface area (Å²) in [5.74, 6) is -1.71. The Balaban J connectivity index is 1.84. The highest BCUT2D eigenvalue weighted by atomic mass is 32.2. The Morgan fingerprint density at radius 2 is 1.94 bits per heavy atom. The maximum Gasteiger partial charge on any atom is 0.256 e. The molecule has 0 aliphatic carbocycles. The zero-order valence-corrected chi connectivity index (χ0v) is 18.2. The normalized spacial score (nSPS) is 19.5. The van der Waals surface area contributed by atoms with Crippen LogP contribution in [0.25, 0.3) is 0 Å². The first-order chi connectivity index (χ1) is 14.6. The maximum absolute atomic E-state index is 14.4. The Morgan fingerprint density at radius 1 is 1.23 bits per heavy atom. The van der Waals surface area contributed by atoms with Crippen molar-refractivity contribution in [2.45, 2.75) is 17.9 Å². The number of ether oxygens (including phenoxy) is 1. The average molecular weight is 450 g/mol. The number of halogens is 1. The lowest BCUT2D eigenvalue weighted by Gasteiger charge is -2.38. The summed E-state index contributed by atoms with van der Waals surface area (Å²) in [6.07, 6.45) is -1.14. The topological polar surface area (TPSA) is 96.0 Å². The Morgan fingerprint density at radius 3 is 2.61 bits per heavy atom. The quantitative estimate of drug-likeness (QED) is 0.725. The van der Waals surface area contributed by atoms with Gasteiger partial charge >= 0.3 is 0 Å². The number of anilines is 1. The molecule has 2 unspecified atom stereocenters. The number of nitrogens with zero attached hydrogens (tertiary/aromatic N) is 2. The molecule has 1 aliphatic heterocycles. The van der Waals surface area contributed by atoms with Crippen LogP contribution in [0.1, 0.15) is 17.2 Å². The molecule has 1 aliphatic rings. The maximum atomic E-state index is 14.4. The summed E-state index contributed by atoms with van der Waals surface area (Å²) in [4.78, 5) is 26.4. The summed E-state index contributed by atoms with van der Waals surface area (Å²) in [6, 6.07) is 11.4. The van der Waals surface area contributed by atoms with Crippen LogP contribution in [0.15, 0.2) is 48.5 Å². The van der Waals surface area contributed by atoms with Crippen molar-refractivity contribution in [2.75, 3.05) is 33.1 Å². The summed E-state index contributed by atoms with van der Waals surface area (Å²) in [7, 11) is 0.918. The van der Waals surface area contributed by atoms with E-state index in [0.29, 0.717) is 11.3 Å². The molecule has 0 radical (unpaired) electrons. The number of hydrogen-bond acceptors (Lipinski definition) is 5. The van der Waals surface area contributed by atoms with Gasteiger partial charge in [-0.25, -0.2) is 17.1 Å². The molecule has 8 nitrogen and oxygen atoms in total. The molecule has 2 amide bonds. The van der Waals surface area contributed by atoms with E-state index in [1.54, 1.807) is 30.3 Å². The van der Waals surface area contributed by atoms with Crippen LogP contribution in [0.5, 0.6) is 0 Å². The fourth-order valence-electron chi connectivity index (χ4n) is 3.31. The van der Waals surface area contributed by atoms with Gasteiger partial charge in [0, 0.05) is 32.4 Å². The van der Waals surface area contributed by atoms with Gasteiger partial charge in [0.2, 0.25) is 15.9 Å². The van der Waals surface area contributed by atoms with Gasteiger partial charge in [0.1, 0.15) is 12.4 Å². The molecule has 2 aromatic rings. The first-order valence-electron chi connectivity index (χ1n) is 9.52. The second-order valence-electron chi connectivity index (χ2n) is 7.43. The number of sulfonamides is 1. The third-order valence-corrected chi connectivity index (χ3v) is 6.88. The zero-order chi connectivity index (χ0) is 22.8. The Labute approximate surface area is 180 Å². The number of carbonyl (C=O) groups excluding carboxylic acids is 2. The predicted molar refractivity (Wildman–Crippen MR) is 113 cm³/mol. The van der Waals surface area contributed by atoms with Gasteiger partial charge in [-0.15, -0.1) is 0 Å². The molecule has 2 atom stereocenters. The SMILES string of the molecule is CN1C(=O)COC(C(=O)Nc2cccc(CS(=O)(=O)N(C)C)c2)C1c1ccccc1F. The lowest BCUT2D eigenvalue weighted by molar-refractivity contribution is -0.160. The van der Waals surface area contributed by atoms with Crippen molar-refractivity contribution in [1.82, 2.24) is 9.21 Å². The number of rotatable bonds is 6. The molecule has 3 rings (SSSR count). The van der Waals surface area contributed by atoms with Crippen LogP contribution in [0.2, 0.25) is 0 Å². The molecule has 1 N–H and O–H groups in total. The van der Waals surface area contributed by atoms with Crippen molar-refractivity contribution < 1.29 is 27.1 Å². The highest BCUT2D eigenvalue weighted by molar-refractivity contribution is 7.88. The second-order valence-corrected chi connectivity index (χ2v) is 9.61. The molecule has 2 aromatic carbocycles. The number of likely N-dealkylation sites (N-methyl/N-ethyl adjacent to an activating group) is 1. The number of nitrogens with one attached hydrogen (secondary N) is 1. The third-order valence-electron chi connectivity index (χ3n) is 5.07. The van der Waals surface area contributed by atoms with Gasteiger partial charge in [-0.05, 0) is 23.8 Å². The standard InChI is InChI=1S/C21H24FN3O5S/c1-24(2)31(28,29)13-14-7-6-8-15(11-14)23-21(27)20-19(25(3)18(26)12-30-20)16-9-4-5-10-17(16)22/h4-11,19-20H,12-13H2,1-3H3,(H,23,27). The highest BCUT2D eigenvalue weighted by Gasteiger charge is 2.41. The van der Waals surface area contributed by atoms with E-state index in [4.69, 9.17) is 4.74 Å². The smallest absolute Gasteiger partial charge is 0.256 e. The Hall–Kier alpha value is -2.82. The van der Waals surface area contributed by atoms with E-state index in [1.807, 2.05) is 0 Å². The van der Waals surface area contributed by atoms with Crippen LogP contribution in [-0.4, -0.2) is 63.3 Å². The van der Waals surface area contributed by atoms with Gasteiger partial charge in [0.25, 0.3) is 5.91 Å². The molecule has 0 spiro atoms. The molecule has 1 saturated heterocycles. The molecule has 0 aromatic heterocycles. The molecule has 1 heterocycles. The number of amides is 2. The summed E-state index contributed by atoms with van der Waals surface area (Å²) in [5.41, 5.74) is 1.03. The molecular formula is C21H24FN3O5S. The van der Waals surface area contributed by atoms with Gasteiger partial charge in [-0.2, -0.15) is 0 Å². The lowest BCUT2D eigenvalue weighted by Crippen LogP contribution is -2.51. The van der Waals surface area contributed by atoms with Crippen molar-refractivity contribution in [2.24, 2.45) is 0 Å². The van der Waals surface area contributed by atoms with E-state index >= 15 is 0 Å². The van der Waals surface area contributed by atoms with Crippen LogP contribution in [0.3, 0.4) is 0 Å². The number of carbonyl (C=O) groups is 2. The van der Waals surface area contributed by atoms with Crippen LogP contribution in [0, 0.1) is 5.82 Å². The molecule has 0 bridgehead atoms. The van der Waals surface area contributed by atoms with Gasteiger partial charge < -0.3 is 15.0 Å². The fourth-order valence-corrected chi connectivity index (χ4v) is 4.17. The first-order valence-corrected chi connectivity index (χ1v) is 11.1. The summed E-state index contributed by atoms with van der Waals surface area (Å²) in [5, 5.41) is 2.69. The van der Waals surface area contributed by atoms with Crippen LogP contribution in [-0.2, 0) is 30.1 Å². The molecule has 166 valence electrons. The predicted octanol–water partition coefficient (Wildman–Crippen LogP) is 1.75. The summed E-state index contributed by atoms with van der Waals surface area (Å²) >= 11 is 0. The molecular weight excluding hydrogens is 425 g/mol. The largest absolute Gasteiger partial charge is 0.356 e.